The van der Waals surface area contributed by atoms with Gasteiger partial charge in [0.05, 0.1) is 18.3 Å². The third-order valence-corrected chi connectivity index (χ3v) is 3.56. The third-order valence-electron chi connectivity index (χ3n) is 2.68. The smallest absolute Gasteiger partial charge is 0.187 e. The number of hydrogen-bond acceptors (Lipinski definition) is 5. The van der Waals surface area contributed by atoms with Gasteiger partial charge in [0, 0.05) is 12.1 Å². The third kappa shape index (κ3) is 2.08. The molecule has 4 nitrogen and oxygen atoms in total. The van der Waals surface area contributed by atoms with Gasteiger partial charge in [0.2, 0.25) is 0 Å². The molecular formula is C11H10ClN3OS. The van der Waals surface area contributed by atoms with Gasteiger partial charge in [-0.3, -0.25) is 0 Å². The zero-order valence-corrected chi connectivity index (χ0v) is 10.5. The van der Waals surface area contributed by atoms with Crippen molar-refractivity contribution in [3.63, 3.8) is 0 Å². The average Bonchev–Trinajstić information content (AvgIpc) is 2.65. The molecule has 0 unspecified atom stereocenters. The van der Waals surface area contributed by atoms with Crippen molar-refractivity contribution in [1.82, 2.24) is 8.75 Å². The number of para-hydroxylation sites is 1. The van der Waals surface area contributed by atoms with E-state index in [4.69, 9.17) is 16.3 Å². The van der Waals surface area contributed by atoms with Crippen molar-refractivity contribution in [2.24, 2.45) is 0 Å². The molecular weight excluding hydrogens is 258 g/mol. The number of fused-ring (bicyclic) bond motifs is 1. The highest BCUT2D eigenvalue weighted by atomic mass is 35.5. The summed E-state index contributed by atoms with van der Waals surface area (Å²) in [5, 5.41) is 0.467. The second-order valence-electron chi connectivity index (χ2n) is 3.76. The Bertz CT molecular complexity index is 531. The summed E-state index contributed by atoms with van der Waals surface area (Å²) in [7, 11) is 0. The van der Waals surface area contributed by atoms with E-state index in [1.54, 1.807) is 0 Å². The molecule has 1 aromatic heterocycles. The summed E-state index contributed by atoms with van der Waals surface area (Å²) in [6.45, 7) is 2.14. The predicted octanol–water partition coefficient (Wildman–Crippen LogP) is 2.59. The number of rotatable bonds is 1. The van der Waals surface area contributed by atoms with Crippen LogP contribution in [0.1, 0.15) is 5.56 Å². The fraction of sp³-hybridized carbons (Fsp3) is 0.273. The summed E-state index contributed by atoms with van der Waals surface area (Å²) in [5.41, 5.74) is 1.15. The number of aromatic nitrogens is 2. The maximum absolute atomic E-state index is 6.01. The molecule has 88 valence electrons. The molecule has 0 atom stereocenters. The summed E-state index contributed by atoms with van der Waals surface area (Å²) < 4.78 is 13.9. The fourth-order valence-corrected chi connectivity index (χ4v) is 2.65. The van der Waals surface area contributed by atoms with Crippen molar-refractivity contribution < 1.29 is 4.74 Å². The van der Waals surface area contributed by atoms with Crippen LogP contribution < -0.4 is 9.64 Å². The first-order valence-electron chi connectivity index (χ1n) is 5.28. The normalized spacial score (nSPS) is 15.0. The van der Waals surface area contributed by atoms with Crippen LogP contribution in [0.2, 0.25) is 5.15 Å². The van der Waals surface area contributed by atoms with Crippen LogP contribution in [0.3, 0.4) is 0 Å². The number of hydrogen-bond donors (Lipinski definition) is 0. The van der Waals surface area contributed by atoms with E-state index in [9.17, 15) is 0 Å². The molecule has 1 aliphatic rings. The summed E-state index contributed by atoms with van der Waals surface area (Å²) in [6, 6.07) is 8.03. The summed E-state index contributed by atoms with van der Waals surface area (Å²) in [6.07, 6.45) is 0. The van der Waals surface area contributed by atoms with Crippen LogP contribution >= 0.6 is 23.3 Å². The van der Waals surface area contributed by atoms with E-state index in [1.165, 1.54) is 0 Å². The minimum Gasteiger partial charge on any atom is -0.491 e. The Hall–Kier alpha value is -1.33. The Balaban J connectivity index is 1.93. The number of halogens is 1. The van der Waals surface area contributed by atoms with Crippen LogP contribution in [0.4, 0.5) is 5.82 Å². The van der Waals surface area contributed by atoms with Crippen LogP contribution in [-0.2, 0) is 6.54 Å². The van der Waals surface area contributed by atoms with E-state index in [-0.39, 0.29) is 0 Å². The van der Waals surface area contributed by atoms with Gasteiger partial charge in [-0.15, -0.1) is 0 Å². The number of ether oxygens (including phenoxy) is 1. The average molecular weight is 268 g/mol. The summed E-state index contributed by atoms with van der Waals surface area (Å²) >= 11 is 7.14. The van der Waals surface area contributed by atoms with Gasteiger partial charge >= 0.3 is 0 Å². The van der Waals surface area contributed by atoms with Crippen molar-refractivity contribution in [2.75, 3.05) is 18.1 Å². The lowest BCUT2D eigenvalue weighted by molar-refractivity contribution is 0.331. The number of nitrogens with zero attached hydrogens (tertiary/aromatic N) is 3. The molecule has 1 aromatic carbocycles. The Morgan fingerprint density at radius 2 is 2.18 bits per heavy atom. The van der Waals surface area contributed by atoms with E-state index in [0.717, 1.165) is 41.9 Å². The van der Waals surface area contributed by atoms with E-state index in [2.05, 4.69) is 19.7 Å². The van der Waals surface area contributed by atoms with Crippen LogP contribution in [-0.4, -0.2) is 21.9 Å². The first-order valence-corrected chi connectivity index (χ1v) is 6.39. The van der Waals surface area contributed by atoms with E-state index < -0.39 is 0 Å². The van der Waals surface area contributed by atoms with Gasteiger partial charge in [0.25, 0.3) is 0 Å². The highest BCUT2D eigenvalue weighted by Gasteiger charge is 2.19. The lowest BCUT2D eigenvalue weighted by Crippen LogP contribution is -2.25. The van der Waals surface area contributed by atoms with Crippen molar-refractivity contribution in [3.8, 4) is 5.75 Å². The zero-order chi connectivity index (χ0) is 11.7. The molecule has 0 saturated carbocycles. The molecule has 0 radical (unpaired) electrons. The highest BCUT2D eigenvalue weighted by molar-refractivity contribution is 6.99. The first-order chi connectivity index (χ1) is 8.34. The maximum atomic E-state index is 6.01. The molecule has 0 N–H and O–H groups in total. The molecule has 0 fully saturated rings. The largest absolute Gasteiger partial charge is 0.491 e. The second-order valence-corrected chi connectivity index (χ2v) is 4.64. The van der Waals surface area contributed by atoms with Gasteiger partial charge in [-0.05, 0) is 6.07 Å². The van der Waals surface area contributed by atoms with Crippen LogP contribution in [0.5, 0.6) is 5.75 Å². The highest BCUT2D eigenvalue weighted by Crippen LogP contribution is 2.28. The fourth-order valence-electron chi connectivity index (χ4n) is 1.87. The van der Waals surface area contributed by atoms with Crippen LogP contribution in [0.15, 0.2) is 24.3 Å². The number of benzene rings is 1. The lowest BCUT2D eigenvalue weighted by Gasteiger charge is -2.18. The van der Waals surface area contributed by atoms with Crippen molar-refractivity contribution >= 4 is 29.1 Å². The van der Waals surface area contributed by atoms with Gasteiger partial charge in [0.15, 0.2) is 11.0 Å². The quantitative estimate of drug-likeness (QED) is 0.796. The predicted molar refractivity (Wildman–Crippen MR) is 67.9 cm³/mol. The Labute approximate surface area is 108 Å². The van der Waals surface area contributed by atoms with Gasteiger partial charge < -0.3 is 9.64 Å². The van der Waals surface area contributed by atoms with Crippen LogP contribution in [0.25, 0.3) is 0 Å². The molecule has 17 heavy (non-hydrogen) atoms. The molecule has 1 aliphatic heterocycles. The zero-order valence-electron chi connectivity index (χ0n) is 8.97. The summed E-state index contributed by atoms with van der Waals surface area (Å²) in [4.78, 5) is 2.09. The van der Waals surface area contributed by atoms with Crippen molar-refractivity contribution in [2.45, 2.75) is 6.54 Å². The first kappa shape index (κ1) is 10.8. The molecule has 0 bridgehead atoms. The van der Waals surface area contributed by atoms with Crippen molar-refractivity contribution in [1.29, 1.82) is 0 Å². The summed E-state index contributed by atoms with van der Waals surface area (Å²) in [5.74, 6) is 1.69. The standard InChI is InChI=1S/C11H10ClN3OS/c12-10-11(14-17-13-10)15-5-6-16-9-4-2-1-3-8(9)7-15/h1-4H,5-7H2. The van der Waals surface area contributed by atoms with Gasteiger partial charge in [0.1, 0.15) is 12.4 Å². The molecule has 0 amide bonds. The topological polar surface area (TPSA) is 38.2 Å². The molecule has 0 aliphatic carbocycles. The van der Waals surface area contributed by atoms with Gasteiger partial charge in [-0.2, -0.15) is 8.75 Å². The second kappa shape index (κ2) is 4.50. The van der Waals surface area contributed by atoms with Gasteiger partial charge in [-0.1, -0.05) is 29.8 Å². The van der Waals surface area contributed by atoms with E-state index in [1.807, 2.05) is 18.2 Å². The monoisotopic (exact) mass is 267 g/mol. The molecule has 2 aromatic rings. The van der Waals surface area contributed by atoms with Gasteiger partial charge in [-0.25, -0.2) is 0 Å². The molecule has 0 spiro atoms. The SMILES string of the molecule is Clc1nsnc1N1CCOc2ccccc2C1. The molecule has 3 rings (SSSR count). The van der Waals surface area contributed by atoms with Crippen LogP contribution in [0, 0.1) is 0 Å². The minimum absolute atomic E-state index is 0.467. The Morgan fingerprint density at radius 3 is 3.00 bits per heavy atom. The Morgan fingerprint density at radius 1 is 1.29 bits per heavy atom. The molecule has 0 saturated heterocycles. The van der Waals surface area contributed by atoms with E-state index in [0.29, 0.717) is 11.8 Å². The molecule has 2 heterocycles. The Kier molecular flexibility index (Phi) is 2.86. The lowest BCUT2D eigenvalue weighted by atomic mass is 10.2. The molecule has 6 heteroatoms. The maximum Gasteiger partial charge on any atom is 0.187 e. The van der Waals surface area contributed by atoms with E-state index >= 15 is 0 Å². The minimum atomic E-state index is 0.467. The number of anilines is 1. The van der Waals surface area contributed by atoms with Crippen molar-refractivity contribution in [3.05, 3.63) is 35.0 Å².